The molecule has 1 aliphatic carbocycles. The second kappa shape index (κ2) is 14.8. The van der Waals surface area contributed by atoms with Gasteiger partial charge < -0.3 is 10.2 Å². The number of halogens is 2. The summed E-state index contributed by atoms with van der Waals surface area (Å²) in [7, 11) is -4.17. The van der Waals surface area contributed by atoms with Crippen LogP contribution in [0.2, 0.25) is 10.0 Å². The van der Waals surface area contributed by atoms with Crippen molar-refractivity contribution in [3.8, 4) is 0 Å². The minimum atomic E-state index is -4.17. The number of benzene rings is 3. The fraction of sp³-hybridized carbons (Fsp3) is 0.412. The molecule has 0 aromatic heterocycles. The largest absolute Gasteiger partial charge is 0.352 e. The van der Waals surface area contributed by atoms with Crippen molar-refractivity contribution in [2.75, 3.05) is 10.8 Å². The molecule has 1 N–H and O–H groups in total. The van der Waals surface area contributed by atoms with Crippen LogP contribution in [0.25, 0.3) is 0 Å². The molecular weight excluding hydrogens is 617 g/mol. The maximum atomic E-state index is 14.4. The minimum Gasteiger partial charge on any atom is -0.352 e. The van der Waals surface area contributed by atoms with E-state index in [4.69, 9.17) is 23.2 Å². The smallest absolute Gasteiger partial charge is 0.264 e. The number of amides is 2. The summed E-state index contributed by atoms with van der Waals surface area (Å²) in [6.45, 7) is 6.87. The highest BCUT2D eigenvalue weighted by Crippen LogP contribution is 2.31. The summed E-state index contributed by atoms with van der Waals surface area (Å²) in [6, 6.07) is 16.2. The molecule has 4 rings (SSSR count). The standard InChI is InChI=1S/C34H41Cl2N3O4S/c1-5-31(34(41)37-26-12-7-6-8-13-26)38(21-28-29(35)14-10-15-30(28)36)33(40)22-39(32-16-9-11-24(3)25(32)4)44(42,43)27-19-17-23(2)18-20-27/h9-11,14-20,26,31H,5-8,12-13,21-22H2,1-4H3,(H,37,41)/t31-/m0/s1. The Balaban J connectivity index is 1.77. The Labute approximate surface area is 271 Å². The number of carbonyl (C=O) groups is 2. The van der Waals surface area contributed by atoms with Crippen LogP contribution in [-0.4, -0.2) is 43.8 Å². The van der Waals surface area contributed by atoms with E-state index in [9.17, 15) is 18.0 Å². The van der Waals surface area contributed by atoms with E-state index in [1.165, 1.54) is 4.90 Å². The van der Waals surface area contributed by atoms with Crippen molar-refractivity contribution in [2.24, 2.45) is 0 Å². The molecule has 0 radical (unpaired) electrons. The molecule has 44 heavy (non-hydrogen) atoms. The molecule has 1 fully saturated rings. The van der Waals surface area contributed by atoms with Gasteiger partial charge in [0.15, 0.2) is 0 Å². The lowest BCUT2D eigenvalue weighted by Gasteiger charge is -2.35. The van der Waals surface area contributed by atoms with Gasteiger partial charge in [-0.15, -0.1) is 0 Å². The lowest BCUT2D eigenvalue weighted by atomic mass is 9.95. The highest BCUT2D eigenvalue weighted by atomic mass is 35.5. The van der Waals surface area contributed by atoms with Gasteiger partial charge in [-0.1, -0.05) is 85.3 Å². The van der Waals surface area contributed by atoms with Crippen LogP contribution in [0.4, 0.5) is 5.69 Å². The molecule has 0 bridgehead atoms. The second-order valence-corrected chi connectivity index (χ2v) is 14.2. The van der Waals surface area contributed by atoms with Crippen LogP contribution in [0.5, 0.6) is 0 Å². The lowest BCUT2D eigenvalue weighted by molar-refractivity contribution is -0.140. The SMILES string of the molecule is CC[C@@H](C(=O)NC1CCCCC1)N(Cc1c(Cl)cccc1Cl)C(=O)CN(c1cccc(C)c1C)S(=O)(=O)c1ccc(C)cc1. The molecule has 0 spiro atoms. The van der Waals surface area contributed by atoms with Gasteiger partial charge in [0, 0.05) is 28.2 Å². The molecule has 2 amide bonds. The van der Waals surface area contributed by atoms with Crippen LogP contribution in [0.3, 0.4) is 0 Å². The van der Waals surface area contributed by atoms with Crippen LogP contribution >= 0.6 is 23.2 Å². The van der Waals surface area contributed by atoms with E-state index in [2.05, 4.69) is 5.32 Å². The van der Waals surface area contributed by atoms with Crippen molar-refractivity contribution in [3.63, 3.8) is 0 Å². The monoisotopic (exact) mass is 657 g/mol. The summed E-state index contributed by atoms with van der Waals surface area (Å²) in [4.78, 5) is 29.7. The maximum absolute atomic E-state index is 14.4. The molecule has 1 saturated carbocycles. The van der Waals surface area contributed by atoms with E-state index in [-0.39, 0.29) is 23.4 Å². The van der Waals surface area contributed by atoms with Crippen molar-refractivity contribution in [1.29, 1.82) is 0 Å². The number of nitrogens with zero attached hydrogens (tertiary/aromatic N) is 2. The first-order valence-electron chi connectivity index (χ1n) is 15.1. The molecule has 0 aliphatic heterocycles. The molecule has 10 heteroatoms. The van der Waals surface area contributed by atoms with Crippen molar-refractivity contribution in [1.82, 2.24) is 10.2 Å². The van der Waals surface area contributed by atoms with E-state index in [1.54, 1.807) is 54.6 Å². The van der Waals surface area contributed by atoms with Crippen molar-refractivity contribution in [3.05, 3.63) is 93.0 Å². The summed E-state index contributed by atoms with van der Waals surface area (Å²) in [6.07, 6.45) is 5.33. The number of hydrogen-bond donors (Lipinski definition) is 1. The zero-order valence-electron chi connectivity index (χ0n) is 25.8. The van der Waals surface area contributed by atoms with E-state index < -0.39 is 28.5 Å². The average molecular weight is 659 g/mol. The Bertz CT molecular complexity index is 1570. The fourth-order valence-corrected chi connectivity index (χ4v) is 7.66. The Hall–Kier alpha value is -3.07. The predicted molar refractivity (Wildman–Crippen MR) is 178 cm³/mol. The van der Waals surface area contributed by atoms with Crippen LogP contribution in [0.15, 0.2) is 65.6 Å². The zero-order valence-corrected chi connectivity index (χ0v) is 28.1. The Morgan fingerprint density at radius 1 is 0.909 bits per heavy atom. The Morgan fingerprint density at radius 3 is 2.14 bits per heavy atom. The highest BCUT2D eigenvalue weighted by Gasteiger charge is 2.35. The topological polar surface area (TPSA) is 86.8 Å². The molecule has 0 saturated heterocycles. The quantitative estimate of drug-likeness (QED) is 0.233. The second-order valence-electron chi connectivity index (χ2n) is 11.5. The van der Waals surface area contributed by atoms with Gasteiger partial charge in [0.2, 0.25) is 11.8 Å². The predicted octanol–water partition coefficient (Wildman–Crippen LogP) is 7.37. The summed E-state index contributed by atoms with van der Waals surface area (Å²) < 4.78 is 29.6. The molecule has 1 aliphatic rings. The van der Waals surface area contributed by atoms with Crippen LogP contribution in [0.1, 0.15) is 67.7 Å². The molecule has 7 nitrogen and oxygen atoms in total. The van der Waals surface area contributed by atoms with Gasteiger partial charge in [-0.05, 0) is 81.5 Å². The summed E-state index contributed by atoms with van der Waals surface area (Å²) in [5.74, 6) is -0.807. The number of anilines is 1. The first kappa shape index (κ1) is 33.8. The first-order chi connectivity index (χ1) is 20.9. The molecule has 3 aromatic carbocycles. The molecule has 3 aromatic rings. The van der Waals surface area contributed by atoms with Crippen molar-refractivity contribution < 1.29 is 18.0 Å². The van der Waals surface area contributed by atoms with E-state index in [0.29, 0.717) is 27.7 Å². The molecule has 0 heterocycles. The van der Waals surface area contributed by atoms with Gasteiger partial charge in [0.25, 0.3) is 10.0 Å². The van der Waals surface area contributed by atoms with Crippen LogP contribution in [-0.2, 0) is 26.2 Å². The third kappa shape index (κ3) is 7.76. The lowest BCUT2D eigenvalue weighted by Crippen LogP contribution is -2.54. The normalized spacial score (nSPS) is 14.6. The number of aryl methyl sites for hydroxylation is 2. The zero-order chi connectivity index (χ0) is 32.0. The molecule has 0 unspecified atom stereocenters. The number of nitrogens with one attached hydrogen (secondary N) is 1. The van der Waals surface area contributed by atoms with Crippen LogP contribution < -0.4 is 9.62 Å². The molecule has 236 valence electrons. The van der Waals surface area contributed by atoms with Crippen LogP contribution in [0, 0.1) is 20.8 Å². The maximum Gasteiger partial charge on any atom is 0.264 e. The highest BCUT2D eigenvalue weighted by molar-refractivity contribution is 7.92. The summed E-state index contributed by atoms with van der Waals surface area (Å²) >= 11 is 13.1. The summed E-state index contributed by atoms with van der Waals surface area (Å²) in [5.41, 5.74) is 3.42. The van der Waals surface area contributed by atoms with Gasteiger partial charge in [-0.2, -0.15) is 0 Å². The average Bonchev–Trinajstić information content (AvgIpc) is 2.99. The third-order valence-electron chi connectivity index (χ3n) is 8.46. The van der Waals surface area contributed by atoms with E-state index in [0.717, 1.165) is 53.1 Å². The van der Waals surface area contributed by atoms with Gasteiger partial charge >= 0.3 is 0 Å². The van der Waals surface area contributed by atoms with Gasteiger partial charge in [0.1, 0.15) is 12.6 Å². The number of hydrogen-bond acceptors (Lipinski definition) is 4. The fourth-order valence-electron chi connectivity index (χ4n) is 5.67. The van der Waals surface area contributed by atoms with E-state index in [1.807, 2.05) is 33.8 Å². The Morgan fingerprint density at radius 2 is 1.52 bits per heavy atom. The van der Waals surface area contributed by atoms with Crippen molar-refractivity contribution in [2.45, 2.75) is 89.7 Å². The Kier molecular flexibility index (Phi) is 11.4. The van der Waals surface area contributed by atoms with Crippen molar-refractivity contribution >= 4 is 50.7 Å². The molecular formula is C34H41Cl2N3O4S. The minimum absolute atomic E-state index is 0.0412. The summed E-state index contributed by atoms with van der Waals surface area (Å²) in [5, 5.41) is 3.87. The number of rotatable bonds is 11. The number of carbonyl (C=O) groups excluding carboxylic acids is 2. The van der Waals surface area contributed by atoms with E-state index >= 15 is 0 Å². The third-order valence-corrected chi connectivity index (χ3v) is 10.9. The van der Waals surface area contributed by atoms with Gasteiger partial charge in [-0.3, -0.25) is 13.9 Å². The number of sulfonamides is 1. The molecule has 1 atom stereocenters. The van der Waals surface area contributed by atoms with Gasteiger partial charge in [0.05, 0.1) is 10.6 Å². The van der Waals surface area contributed by atoms with Gasteiger partial charge in [-0.25, -0.2) is 8.42 Å². The first-order valence-corrected chi connectivity index (χ1v) is 17.3.